The summed E-state index contributed by atoms with van der Waals surface area (Å²) in [6, 6.07) is 8.77. The summed E-state index contributed by atoms with van der Waals surface area (Å²) >= 11 is 0. The van der Waals surface area contributed by atoms with E-state index in [9.17, 15) is 0 Å². The van der Waals surface area contributed by atoms with Crippen molar-refractivity contribution in [2.75, 3.05) is 31.6 Å². The molecule has 0 radical (unpaired) electrons. The Morgan fingerprint density at radius 2 is 1.88 bits per heavy atom. The van der Waals surface area contributed by atoms with Crippen molar-refractivity contribution in [3.63, 3.8) is 0 Å². The fourth-order valence-electron chi connectivity index (χ4n) is 2.40. The van der Waals surface area contributed by atoms with E-state index in [0.29, 0.717) is 12.5 Å². The number of hydrogen-bond acceptors (Lipinski definition) is 3. The van der Waals surface area contributed by atoms with Gasteiger partial charge < -0.3 is 15.3 Å². The lowest BCUT2D eigenvalue weighted by Crippen LogP contribution is -2.34. The highest BCUT2D eigenvalue weighted by molar-refractivity contribution is 5.47. The van der Waals surface area contributed by atoms with Gasteiger partial charge in [0, 0.05) is 31.9 Å². The average molecular weight is 234 g/mol. The Bertz CT molecular complexity index is 329. The van der Waals surface area contributed by atoms with E-state index in [2.05, 4.69) is 34.5 Å². The monoisotopic (exact) mass is 234 g/mol. The largest absolute Gasteiger partial charge is 0.396 e. The Morgan fingerprint density at radius 3 is 2.41 bits per heavy atom. The number of rotatable bonds is 4. The minimum Gasteiger partial charge on any atom is -0.396 e. The molecule has 0 saturated carbocycles. The molecular weight excluding hydrogens is 212 g/mol. The van der Waals surface area contributed by atoms with E-state index in [1.807, 2.05) is 7.05 Å². The summed E-state index contributed by atoms with van der Waals surface area (Å²) in [6.45, 7) is 3.40. The van der Waals surface area contributed by atoms with Crippen LogP contribution in [0.1, 0.15) is 18.4 Å². The third-order valence-electron chi connectivity index (χ3n) is 3.56. The Hall–Kier alpha value is -1.06. The molecule has 94 valence electrons. The number of nitrogens with one attached hydrogen (secondary N) is 1. The van der Waals surface area contributed by atoms with Crippen LogP contribution in [-0.2, 0) is 6.54 Å². The highest BCUT2D eigenvalue weighted by atomic mass is 16.3. The first kappa shape index (κ1) is 12.4. The van der Waals surface area contributed by atoms with Crippen LogP contribution >= 0.6 is 0 Å². The Kier molecular flexibility index (Phi) is 4.40. The van der Waals surface area contributed by atoms with Gasteiger partial charge in [0.05, 0.1) is 0 Å². The molecule has 17 heavy (non-hydrogen) atoms. The van der Waals surface area contributed by atoms with Crippen molar-refractivity contribution in [2.45, 2.75) is 19.4 Å². The molecule has 1 aromatic carbocycles. The molecule has 0 spiro atoms. The zero-order chi connectivity index (χ0) is 12.1. The smallest absolute Gasteiger partial charge is 0.0460 e. The van der Waals surface area contributed by atoms with Crippen LogP contribution in [0.3, 0.4) is 0 Å². The van der Waals surface area contributed by atoms with Crippen molar-refractivity contribution < 1.29 is 5.11 Å². The molecule has 1 heterocycles. The standard InChI is InChI=1S/C14H22N2O/c1-15-10-12-2-4-14(5-3-12)16-8-6-13(11-17)7-9-16/h2-5,13,15,17H,6-11H2,1H3. The van der Waals surface area contributed by atoms with Crippen LogP contribution in [0.15, 0.2) is 24.3 Å². The van der Waals surface area contributed by atoms with Crippen molar-refractivity contribution in [3.8, 4) is 0 Å². The van der Waals surface area contributed by atoms with E-state index in [0.717, 1.165) is 32.5 Å². The third kappa shape index (κ3) is 3.20. The van der Waals surface area contributed by atoms with Gasteiger partial charge in [-0.3, -0.25) is 0 Å². The van der Waals surface area contributed by atoms with Crippen molar-refractivity contribution in [1.29, 1.82) is 0 Å². The van der Waals surface area contributed by atoms with Gasteiger partial charge in [-0.25, -0.2) is 0 Å². The molecule has 0 atom stereocenters. The molecule has 0 unspecified atom stereocenters. The number of aliphatic hydroxyl groups is 1. The van der Waals surface area contributed by atoms with Crippen LogP contribution in [0.4, 0.5) is 5.69 Å². The van der Waals surface area contributed by atoms with Crippen molar-refractivity contribution in [2.24, 2.45) is 5.92 Å². The fraction of sp³-hybridized carbons (Fsp3) is 0.571. The summed E-state index contributed by atoms with van der Waals surface area (Å²) in [7, 11) is 1.97. The van der Waals surface area contributed by atoms with E-state index in [4.69, 9.17) is 5.11 Å². The maximum Gasteiger partial charge on any atom is 0.0460 e. The molecule has 0 bridgehead atoms. The van der Waals surface area contributed by atoms with E-state index in [1.165, 1.54) is 11.3 Å². The molecule has 1 fully saturated rings. The zero-order valence-electron chi connectivity index (χ0n) is 10.5. The Morgan fingerprint density at radius 1 is 1.24 bits per heavy atom. The van der Waals surface area contributed by atoms with Gasteiger partial charge in [0.1, 0.15) is 0 Å². The van der Waals surface area contributed by atoms with Gasteiger partial charge in [-0.1, -0.05) is 12.1 Å². The molecule has 0 aliphatic carbocycles. The van der Waals surface area contributed by atoms with E-state index < -0.39 is 0 Å². The van der Waals surface area contributed by atoms with Gasteiger partial charge in [-0.05, 0) is 43.5 Å². The van der Waals surface area contributed by atoms with E-state index in [-0.39, 0.29) is 0 Å². The summed E-state index contributed by atoms with van der Waals surface area (Å²) in [5.74, 6) is 0.509. The Balaban J connectivity index is 1.94. The SMILES string of the molecule is CNCc1ccc(N2CCC(CO)CC2)cc1. The minimum absolute atomic E-state index is 0.342. The second kappa shape index (κ2) is 6.03. The van der Waals surface area contributed by atoms with E-state index >= 15 is 0 Å². The van der Waals surface area contributed by atoms with Gasteiger partial charge in [0.25, 0.3) is 0 Å². The molecule has 2 N–H and O–H groups in total. The van der Waals surface area contributed by atoms with Gasteiger partial charge in [-0.15, -0.1) is 0 Å². The molecule has 3 heteroatoms. The molecule has 0 amide bonds. The number of hydrogen-bond donors (Lipinski definition) is 2. The molecule has 1 aromatic rings. The van der Waals surface area contributed by atoms with Gasteiger partial charge >= 0.3 is 0 Å². The van der Waals surface area contributed by atoms with Gasteiger partial charge in [-0.2, -0.15) is 0 Å². The second-order valence-electron chi connectivity index (χ2n) is 4.81. The molecule has 1 saturated heterocycles. The lowest BCUT2D eigenvalue weighted by molar-refractivity contribution is 0.203. The number of benzene rings is 1. The average Bonchev–Trinajstić information content (AvgIpc) is 2.40. The minimum atomic E-state index is 0.342. The molecule has 3 nitrogen and oxygen atoms in total. The summed E-state index contributed by atoms with van der Waals surface area (Å²) in [6.07, 6.45) is 2.21. The quantitative estimate of drug-likeness (QED) is 0.831. The highest BCUT2D eigenvalue weighted by Gasteiger charge is 2.18. The van der Waals surface area contributed by atoms with Crippen LogP contribution in [-0.4, -0.2) is 31.9 Å². The lowest BCUT2D eigenvalue weighted by atomic mass is 9.97. The number of aliphatic hydroxyl groups excluding tert-OH is 1. The molecule has 2 rings (SSSR count). The molecule has 1 aliphatic heterocycles. The summed E-state index contributed by atoms with van der Waals surface area (Å²) in [5.41, 5.74) is 2.63. The van der Waals surface area contributed by atoms with Crippen LogP contribution in [0.25, 0.3) is 0 Å². The Labute approximate surface area is 103 Å². The van der Waals surface area contributed by atoms with Crippen LogP contribution in [0.5, 0.6) is 0 Å². The highest BCUT2D eigenvalue weighted by Crippen LogP contribution is 2.23. The maximum atomic E-state index is 9.12. The first-order chi connectivity index (χ1) is 8.33. The van der Waals surface area contributed by atoms with Crippen LogP contribution in [0.2, 0.25) is 0 Å². The summed E-state index contributed by atoms with van der Waals surface area (Å²) in [4.78, 5) is 2.41. The molecule has 0 aromatic heterocycles. The zero-order valence-corrected chi connectivity index (χ0v) is 10.5. The topological polar surface area (TPSA) is 35.5 Å². The first-order valence-corrected chi connectivity index (χ1v) is 6.43. The second-order valence-corrected chi connectivity index (χ2v) is 4.81. The van der Waals surface area contributed by atoms with Crippen molar-refractivity contribution in [1.82, 2.24) is 5.32 Å². The predicted octanol–water partition coefficient (Wildman–Crippen LogP) is 1.61. The number of nitrogens with zero attached hydrogens (tertiary/aromatic N) is 1. The van der Waals surface area contributed by atoms with Crippen LogP contribution < -0.4 is 10.2 Å². The van der Waals surface area contributed by atoms with Gasteiger partial charge in [0.2, 0.25) is 0 Å². The van der Waals surface area contributed by atoms with Crippen molar-refractivity contribution in [3.05, 3.63) is 29.8 Å². The van der Waals surface area contributed by atoms with Crippen molar-refractivity contribution >= 4 is 5.69 Å². The fourth-order valence-corrected chi connectivity index (χ4v) is 2.40. The number of piperidine rings is 1. The molecule has 1 aliphatic rings. The normalized spacial score (nSPS) is 17.4. The third-order valence-corrected chi connectivity index (χ3v) is 3.56. The number of anilines is 1. The summed E-state index contributed by atoms with van der Waals surface area (Å²) < 4.78 is 0. The summed E-state index contributed by atoms with van der Waals surface area (Å²) in [5, 5.41) is 12.3. The van der Waals surface area contributed by atoms with Gasteiger partial charge in [0.15, 0.2) is 0 Å². The van der Waals surface area contributed by atoms with Crippen LogP contribution in [0, 0.1) is 5.92 Å². The maximum absolute atomic E-state index is 9.12. The predicted molar refractivity (Wildman–Crippen MR) is 71.2 cm³/mol. The van der Waals surface area contributed by atoms with E-state index in [1.54, 1.807) is 0 Å². The molecular formula is C14H22N2O. The first-order valence-electron chi connectivity index (χ1n) is 6.43. The lowest BCUT2D eigenvalue weighted by Gasteiger charge is -2.32.